The highest BCUT2D eigenvalue weighted by Gasteiger charge is 2.31. The molecule has 1 saturated heterocycles. The van der Waals surface area contributed by atoms with Gasteiger partial charge in [0.05, 0.1) is 11.7 Å². The van der Waals surface area contributed by atoms with Gasteiger partial charge in [-0.05, 0) is 36.8 Å². The number of para-hydroxylation sites is 1. The maximum atomic E-state index is 12.9. The van der Waals surface area contributed by atoms with Crippen LogP contribution >= 0.6 is 0 Å². The molecule has 2 amide bonds. The molecule has 3 aromatic rings. The van der Waals surface area contributed by atoms with Crippen LogP contribution in [-0.4, -0.2) is 68.1 Å². The number of H-pyrrole nitrogens is 1. The van der Waals surface area contributed by atoms with Gasteiger partial charge in [0, 0.05) is 31.1 Å². The number of benzene rings is 1. The molecule has 8 nitrogen and oxygen atoms in total. The average molecular weight is 391 g/mol. The summed E-state index contributed by atoms with van der Waals surface area (Å²) in [5.74, 6) is -0.176. The van der Waals surface area contributed by atoms with Gasteiger partial charge in [0.2, 0.25) is 5.91 Å². The first-order valence-corrected chi connectivity index (χ1v) is 9.31. The largest absolute Gasteiger partial charge is 0.507 e. The Hall–Kier alpha value is -3.68. The maximum Gasteiger partial charge on any atom is 0.270 e. The lowest BCUT2D eigenvalue weighted by atomic mass is 10.1. The molecule has 0 saturated carbocycles. The zero-order valence-electron chi connectivity index (χ0n) is 16.0. The average Bonchev–Trinajstić information content (AvgIpc) is 3.39. The molecule has 4 rings (SSSR count). The van der Waals surface area contributed by atoms with E-state index in [9.17, 15) is 14.7 Å². The van der Waals surface area contributed by atoms with E-state index in [2.05, 4.69) is 21.8 Å². The van der Waals surface area contributed by atoms with Crippen molar-refractivity contribution in [2.45, 2.75) is 12.5 Å². The fraction of sp³-hybridized carbons (Fsp3) is 0.238. The molecule has 148 valence electrons. The van der Waals surface area contributed by atoms with Crippen molar-refractivity contribution >= 4 is 22.8 Å². The fourth-order valence-corrected chi connectivity index (χ4v) is 3.61. The summed E-state index contributed by atoms with van der Waals surface area (Å²) >= 11 is 0. The molecule has 1 aromatic carbocycles. The van der Waals surface area contributed by atoms with Crippen molar-refractivity contribution in [1.29, 1.82) is 0 Å². The van der Waals surface area contributed by atoms with Crippen LogP contribution < -0.4 is 0 Å². The fourth-order valence-electron chi connectivity index (χ4n) is 3.61. The molecule has 3 heterocycles. The van der Waals surface area contributed by atoms with Crippen molar-refractivity contribution < 1.29 is 14.7 Å². The van der Waals surface area contributed by atoms with Gasteiger partial charge in [-0.15, -0.1) is 10.2 Å². The Morgan fingerprint density at radius 2 is 2.10 bits per heavy atom. The van der Waals surface area contributed by atoms with Crippen LogP contribution in [-0.2, 0) is 4.79 Å². The Morgan fingerprint density at radius 1 is 1.31 bits per heavy atom. The molecule has 0 spiro atoms. The molecule has 2 aromatic heterocycles. The van der Waals surface area contributed by atoms with Crippen molar-refractivity contribution in [3.8, 4) is 17.0 Å². The number of aromatic hydroxyl groups is 1. The minimum atomic E-state index is -0.151. The molecule has 0 aliphatic carbocycles. The standard InChI is InChI=1S/C21H21N5O3/c1-3-19(28)25(2)14-8-9-26(12-14)21(29)17-11-13-10-16(23-24-20(13)22-17)15-6-4-5-7-18(15)27/h3-7,10-11,14,27H,1,8-9,12H2,2H3,(H,22,24). The number of likely N-dealkylation sites (tertiary alicyclic amines) is 1. The lowest BCUT2D eigenvalue weighted by molar-refractivity contribution is -0.126. The maximum absolute atomic E-state index is 12.9. The molecule has 1 fully saturated rings. The van der Waals surface area contributed by atoms with Crippen LogP contribution in [0.2, 0.25) is 0 Å². The highest BCUT2D eigenvalue weighted by atomic mass is 16.3. The normalized spacial score (nSPS) is 16.2. The molecular weight excluding hydrogens is 370 g/mol. The van der Waals surface area contributed by atoms with Gasteiger partial charge in [0.1, 0.15) is 11.4 Å². The van der Waals surface area contributed by atoms with Crippen molar-refractivity contribution in [1.82, 2.24) is 25.0 Å². The second kappa shape index (κ2) is 7.38. The third-order valence-electron chi connectivity index (χ3n) is 5.31. The van der Waals surface area contributed by atoms with Crippen LogP contribution in [0, 0.1) is 0 Å². The molecule has 1 aliphatic rings. The van der Waals surface area contributed by atoms with E-state index in [0.717, 1.165) is 11.8 Å². The molecule has 1 atom stereocenters. The number of nitrogens with one attached hydrogen (secondary N) is 1. The Kier molecular flexibility index (Phi) is 4.75. The highest BCUT2D eigenvalue weighted by molar-refractivity contribution is 5.98. The van der Waals surface area contributed by atoms with Gasteiger partial charge in [0.25, 0.3) is 5.91 Å². The summed E-state index contributed by atoms with van der Waals surface area (Å²) in [6.07, 6.45) is 2.00. The number of aromatic nitrogens is 3. The number of likely N-dealkylation sites (N-methyl/N-ethyl adjacent to an activating group) is 1. The molecule has 2 N–H and O–H groups in total. The predicted octanol–water partition coefficient (Wildman–Crippen LogP) is 2.19. The van der Waals surface area contributed by atoms with Gasteiger partial charge < -0.3 is 19.9 Å². The SMILES string of the molecule is C=CC(=O)N(C)C1CCN(C(=O)c2cc3cc(-c4ccccc4O)nnc3[nH]2)C1. The molecule has 1 aliphatic heterocycles. The number of carbonyl (C=O) groups is 2. The Bertz CT molecular complexity index is 1110. The zero-order valence-corrected chi connectivity index (χ0v) is 16.0. The number of aromatic amines is 1. The van der Waals surface area contributed by atoms with Gasteiger partial charge >= 0.3 is 0 Å². The number of phenolic OH excluding ortho intramolecular Hbond substituents is 1. The van der Waals surface area contributed by atoms with E-state index in [4.69, 9.17) is 0 Å². The summed E-state index contributed by atoms with van der Waals surface area (Å²) in [7, 11) is 1.72. The van der Waals surface area contributed by atoms with Crippen LogP contribution in [0.15, 0.2) is 49.1 Å². The van der Waals surface area contributed by atoms with Crippen LogP contribution in [0.25, 0.3) is 22.3 Å². The minimum absolute atomic E-state index is 0.0266. The van der Waals surface area contributed by atoms with Crippen LogP contribution in [0.1, 0.15) is 16.9 Å². The molecule has 0 bridgehead atoms. The van der Waals surface area contributed by atoms with Gasteiger partial charge in [-0.25, -0.2) is 0 Å². The summed E-state index contributed by atoms with van der Waals surface area (Å²) in [5, 5.41) is 19.1. The van der Waals surface area contributed by atoms with Crippen molar-refractivity contribution in [2.24, 2.45) is 0 Å². The van der Waals surface area contributed by atoms with Crippen molar-refractivity contribution in [3.05, 3.63) is 54.7 Å². The van der Waals surface area contributed by atoms with E-state index in [-0.39, 0.29) is 23.6 Å². The first kappa shape index (κ1) is 18.7. The second-order valence-electron chi connectivity index (χ2n) is 7.08. The van der Waals surface area contributed by atoms with E-state index in [1.165, 1.54) is 6.08 Å². The predicted molar refractivity (Wildman–Crippen MR) is 108 cm³/mol. The number of nitrogens with zero attached hydrogens (tertiary/aromatic N) is 4. The quantitative estimate of drug-likeness (QED) is 0.664. The first-order valence-electron chi connectivity index (χ1n) is 9.31. The zero-order chi connectivity index (χ0) is 20.5. The number of hydrogen-bond donors (Lipinski definition) is 2. The molecule has 0 radical (unpaired) electrons. The van der Waals surface area contributed by atoms with E-state index in [1.807, 2.05) is 6.07 Å². The summed E-state index contributed by atoms with van der Waals surface area (Å²) in [4.78, 5) is 31.1. The summed E-state index contributed by atoms with van der Waals surface area (Å²) in [5.41, 5.74) is 2.02. The highest BCUT2D eigenvalue weighted by Crippen LogP contribution is 2.28. The number of carbonyl (C=O) groups excluding carboxylic acids is 2. The first-order chi connectivity index (χ1) is 14.0. The Morgan fingerprint density at radius 3 is 2.86 bits per heavy atom. The summed E-state index contributed by atoms with van der Waals surface area (Å²) < 4.78 is 0. The van der Waals surface area contributed by atoms with E-state index in [1.54, 1.807) is 47.2 Å². The Balaban J connectivity index is 1.55. The lowest BCUT2D eigenvalue weighted by Gasteiger charge is -2.23. The number of fused-ring (bicyclic) bond motifs is 1. The van der Waals surface area contributed by atoms with Crippen molar-refractivity contribution in [3.63, 3.8) is 0 Å². The van der Waals surface area contributed by atoms with Gasteiger partial charge in [-0.3, -0.25) is 9.59 Å². The molecule has 8 heteroatoms. The lowest BCUT2D eigenvalue weighted by Crippen LogP contribution is -2.39. The number of phenols is 1. The number of rotatable bonds is 4. The summed E-state index contributed by atoms with van der Waals surface area (Å²) in [6.45, 7) is 4.55. The van der Waals surface area contributed by atoms with E-state index < -0.39 is 0 Å². The smallest absolute Gasteiger partial charge is 0.270 e. The monoisotopic (exact) mass is 391 g/mol. The number of amides is 2. The van der Waals surface area contributed by atoms with E-state index >= 15 is 0 Å². The Labute approximate surface area is 167 Å². The third kappa shape index (κ3) is 3.44. The van der Waals surface area contributed by atoms with Gasteiger partial charge in [-0.1, -0.05) is 18.7 Å². The second-order valence-corrected chi connectivity index (χ2v) is 7.08. The van der Waals surface area contributed by atoms with Gasteiger partial charge in [-0.2, -0.15) is 0 Å². The third-order valence-corrected chi connectivity index (χ3v) is 5.31. The minimum Gasteiger partial charge on any atom is -0.507 e. The van der Waals surface area contributed by atoms with Crippen LogP contribution in [0.5, 0.6) is 5.75 Å². The molecule has 1 unspecified atom stereocenters. The number of hydrogen-bond acceptors (Lipinski definition) is 5. The van der Waals surface area contributed by atoms with Crippen LogP contribution in [0.4, 0.5) is 0 Å². The molecule has 29 heavy (non-hydrogen) atoms. The summed E-state index contributed by atoms with van der Waals surface area (Å²) in [6, 6.07) is 10.4. The van der Waals surface area contributed by atoms with Gasteiger partial charge in [0.15, 0.2) is 5.65 Å². The van der Waals surface area contributed by atoms with E-state index in [0.29, 0.717) is 35.7 Å². The topological polar surface area (TPSA) is 102 Å². The molecular formula is C21H21N5O3. The van der Waals surface area contributed by atoms with Crippen molar-refractivity contribution in [2.75, 3.05) is 20.1 Å². The van der Waals surface area contributed by atoms with Crippen LogP contribution in [0.3, 0.4) is 0 Å².